The molecule has 1 aromatic heterocycles. The van der Waals surface area contributed by atoms with Crippen molar-refractivity contribution in [2.45, 2.75) is 12.8 Å². The van der Waals surface area contributed by atoms with Crippen molar-refractivity contribution in [3.8, 4) is 0 Å². The van der Waals surface area contributed by atoms with Crippen LogP contribution in [0.25, 0.3) is 5.57 Å². The monoisotopic (exact) mass is 414 g/mol. The summed E-state index contributed by atoms with van der Waals surface area (Å²) in [7, 11) is 6.20. The minimum atomic E-state index is 0.384. The van der Waals surface area contributed by atoms with Crippen LogP contribution in [0.4, 0.5) is 23.0 Å². The minimum Gasteiger partial charge on any atom is -0.397 e. The number of benzene rings is 2. The second-order valence-electron chi connectivity index (χ2n) is 8.35. The highest BCUT2D eigenvalue weighted by molar-refractivity contribution is 5.84. The SMILES string of the molecule is CC1C=C(c2ccnc(Nc3ccc(N(C)CCN(C)C)c(N)c3)n2)c2ccccc21. The molecule has 1 aliphatic rings. The molecule has 0 amide bonds. The van der Waals surface area contributed by atoms with Gasteiger partial charge in [0.05, 0.1) is 17.1 Å². The van der Waals surface area contributed by atoms with Gasteiger partial charge in [-0.3, -0.25) is 0 Å². The molecule has 1 aliphatic carbocycles. The molecule has 31 heavy (non-hydrogen) atoms. The van der Waals surface area contributed by atoms with Crippen LogP contribution in [0.5, 0.6) is 0 Å². The summed E-state index contributed by atoms with van der Waals surface area (Å²) < 4.78 is 0. The van der Waals surface area contributed by atoms with Crippen LogP contribution in [0.1, 0.15) is 29.7 Å². The van der Waals surface area contributed by atoms with E-state index >= 15 is 0 Å². The highest BCUT2D eigenvalue weighted by atomic mass is 15.2. The molecule has 0 bridgehead atoms. The quantitative estimate of drug-likeness (QED) is 0.560. The van der Waals surface area contributed by atoms with E-state index in [-0.39, 0.29) is 0 Å². The molecule has 0 radical (unpaired) electrons. The van der Waals surface area contributed by atoms with Gasteiger partial charge in [-0.15, -0.1) is 0 Å². The Kier molecular flexibility index (Phi) is 5.91. The van der Waals surface area contributed by atoms with E-state index in [1.165, 1.54) is 11.1 Å². The number of hydrogen-bond acceptors (Lipinski definition) is 6. The number of fused-ring (bicyclic) bond motifs is 1. The highest BCUT2D eigenvalue weighted by Crippen LogP contribution is 2.38. The van der Waals surface area contributed by atoms with Gasteiger partial charge in [-0.05, 0) is 49.5 Å². The molecule has 160 valence electrons. The van der Waals surface area contributed by atoms with Crippen molar-refractivity contribution in [1.29, 1.82) is 0 Å². The van der Waals surface area contributed by atoms with Gasteiger partial charge < -0.3 is 20.9 Å². The Labute approximate surface area is 184 Å². The van der Waals surface area contributed by atoms with Crippen LogP contribution in [0.3, 0.4) is 0 Å². The number of anilines is 4. The number of nitrogens with zero attached hydrogens (tertiary/aromatic N) is 4. The Balaban J connectivity index is 1.53. The van der Waals surface area contributed by atoms with E-state index in [0.717, 1.165) is 41.4 Å². The van der Waals surface area contributed by atoms with Gasteiger partial charge in [0.1, 0.15) is 0 Å². The zero-order chi connectivity index (χ0) is 22.0. The van der Waals surface area contributed by atoms with Gasteiger partial charge in [0, 0.05) is 43.5 Å². The van der Waals surface area contributed by atoms with Crippen LogP contribution in [-0.2, 0) is 0 Å². The van der Waals surface area contributed by atoms with E-state index in [2.05, 4.69) is 78.5 Å². The Morgan fingerprint density at radius 1 is 1.03 bits per heavy atom. The van der Waals surface area contributed by atoms with E-state index in [1.807, 2.05) is 24.3 Å². The van der Waals surface area contributed by atoms with Crippen LogP contribution in [0.2, 0.25) is 0 Å². The van der Waals surface area contributed by atoms with Gasteiger partial charge in [-0.1, -0.05) is 37.3 Å². The molecule has 0 fully saturated rings. The molecule has 0 spiro atoms. The van der Waals surface area contributed by atoms with Crippen molar-refractivity contribution in [1.82, 2.24) is 14.9 Å². The number of likely N-dealkylation sites (N-methyl/N-ethyl adjacent to an activating group) is 2. The second kappa shape index (κ2) is 8.78. The zero-order valence-corrected chi connectivity index (χ0v) is 18.6. The summed E-state index contributed by atoms with van der Waals surface area (Å²) in [5, 5.41) is 3.30. The van der Waals surface area contributed by atoms with Crippen molar-refractivity contribution in [2.75, 3.05) is 50.2 Å². The maximum Gasteiger partial charge on any atom is 0.227 e. The molecule has 2 aromatic carbocycles. The summed E-state index contributed by atoms with van der Waals surface area (Å²) in [6, 6.07) is 16.5. The van der Waals surface area contributed by atoms with Crippen molar-refractivity contribution < 1.29 is 0 Å². The van der Waals surface area contributed by atoms with Crippen LogP contribution in [0.15, 0.2) is 60.8 Å². The first kappa shape index (κ1) is 20.9. The Hall–Kier alpha value is -3.38. The topological polar surface area (TPSA) is 70.3 Å². The predicted octanol–water partition coefficient (Wildman–Crippen LogP) is 4.35. The van der Waals surface area contributed by atoms with Gasteiger partial charge >= 0.3 is 0 Å². The Morgan fingerprint density at radius 3 is 2.61 bits per heavy atom. The lowest BCUT2D eigenvalue weighted by Gasteiger charge is -2.23. The zero-order valence-electron chi connectivity index (χ0n) is 18.6. The number of nitrogens with one attached hydrogen (secondary N) is 1. The van der Waals surface area contributed by atoms with Crippen molar-refractivity contribution in [3.05, 3.63) is 77.6 Å². The number of rotatable bonds is 7. The molecule has 4 rings (SSSR count). The Morgan fingerprint density at radius 2 is 1.84 bits per heavy atom. The predicted molar refractivity (Wildman–Crippen MR) is 130 cm³/mol. The van der Waals surface area contributed by atoms with E-state index in [9.17, 15) is 0 Å². The smallest absolute Gasteiger partial charge is 0.227 e. The molecular weight excluding hydrogens is 384 g/mol. The summed E-state index contributed by atoms with van der Waals surface area (Å²) >= 11 is 0. The van der Waals surface area contributed by atoms with Gasteiger partial charge in [0.2, 0.25) is 5.95 Å². The molecule has 3 aromatic rings. The molecule has 1 heterocycles. The number of allylic oxidation sites excluding steroid dienone is 1. The average molecular weight is 415 g/mol. The van der Waals surface area contributed by atoms with Gasteiger partial charge in [-0.25, -0.2) is 9.97 Å². The number of hydrogen-bond donors (Lipinski definition) is 2. The second-order valence-corrected chi connectivity index (χ2v) is 8.35. The van der Waals surface area contributed by atoms with Crippen molar-refractivity contribution in [2.24, 2.45) is 0 Å². The first-order chi connectivity index (χ1) is 14.9. The van der Waals surface area contributed by atoms with E-state index in [0.29, 0.717) is 11.9 Å². The summed E-state index contributed by atoms with van der Waals surface area (Å²) in [5.74, 6) is 0.943. The molecular formula is C25H30N6. The van der Waals surface area contributed by atoms with E-state index in [4.69, 9.17) is 10.7 Å². The van der Waals surface area contributed by atoms with Crippen molar-refractivity contribution in [3.63, 3.8) is 0 Å². The van der Waals surface area contributed by atoms with Crippen LogP contribution in [0, 0.1) is 0 Å². The maximum absolute atomic E-state index is 6.33. The van der Waals surface area contributed by atoms with E-state index in [1.54, 1.807) is 6.20 Å². The van der Waals surface area contributed by atoms with Gasteiger partial charge in [0.25, 0.3) is 0 Å². The summed E-state index contributed by atoms with van der Waals surface area (Å²) in [5.41, 5.74) is 13.6. The number of nitrogens with two attached hydrogens (primary N) is 1. The fraction of sp³-hybridized carbons (Fsp3) is 0.280. The summed E-state index contributed by atoms with van der Waals surface area (Å²) in [6.45, 7) is 4.09. The summed E-state index contributed by atoms with van der Waals surface area (Å²) in [4.78, 5) is 13.5. The van der Waals surface area contributed by atoms with Crippen molar-refractivity contribution >= 4 is 28.6 Å². The maximum atomic E-state index is 6.33. The van der Waals surface area contributed by atoms with Gasteiger partial charge in [-0.2, -0.15) is 0 Å². The molecule has 6 nitrogen and oxygen atoms in total. The summed E-state index contributed by atoms with van der Waals surface area (Å²) in [6.07, 6.45) is 4.07. The fourth-order valence-electron chi connectivity index (χ4n) is 3.94. The standard InChI is InChI=1S/C25H30N6/c1-17-15-21(20-8-6-5-7-19(17)20)23-11-12-27-25(29-23)28-18-9-10-24(22(26)16-18)31(4)14-13-30(2)3/h5-12,15-17H,13-14,26H2,1-4H3,(H,27,28,29). The third-order valence-corrected chi connectivity index (χ3v) is 5.67. The lowest BCUT2D eigenvalue weighted by molar-refractivity contribution is 0.416. The molecule has 1 unspecified atom stereocenters. The molecule has 1 atom stereocenters. The highest BCUT2D eigenvalue weighted by Gasteiger charge is 2.21. The molecule has 0 saturated heterocycles. The minimum absolute atomic E-state index is 0.384. The first-order valence-corrected chi connectivity index (χ1v) is 10.6. The average Bonchev–Trinajstić information content (AvgIpc) is 3.09. The molecule has 0 saturated carbocycles. The molecule has 6 heteroatoms. The first-order valence-electron chi connectivity index (χ1n) is 10.6. The third kappa shape index (κ3) is 4.54. The lowest BCUT2D eigenvalue weighted by Crippen LogP contribution is -2.28. The molecule has 3 N–H and O–H groups in total. The number of aromatic nitrogens is 2. The lowest BCUT2D eigenvalue weighted by atomic mass is 10.0. The Bertz CT molecular complexity index is 1100. The van der Waals surface area contributed by atoms with Crippen LogP contribution < -0.4 is 16.0 Å². The van der Waals surface area contributed by atoms with E-state index < -0.39 is 0 Å². The van der Waals surface area contributed by atoms with Crippen LogP contribution in [-0.4, -0.2) is 49.1 Å². The van der Waals surface area contributed by atoms with Gasteiger partial charge in [0.15, 0.2) is 0 Å². The third-order valence-electron chi connectivity index (χ3n) is 5.67. The largest absolute Gasteiger partial charge is 0.397 e. The normalized spacial score (nSPS) is 15.0. The molecule has 0 aliphatic heterocycles. The fourth-order valence-corrected chi connectivity index (χ4v) is 3.94. The number of nitrogen functional groups attached to an aromatic ring is 1. The van der Waals surface area contributed by atoms with Crippen LogP contribution >= 0.6 is 0 Å².